The number of methoxy groups -OCH3 is 3. The fourth-order valence-electron chi connectivity index (χ4n) is 7.20. The second kappa shape index (κ2) is 9.41. The van der Waals surface area contributed by atoms with Crippen molar-refractivity contribution in [3.63, 3.8) is 0 Å². The maximum absolute atomic E-state index is 13.2. The Kier molecular flexibility index (Phi) is 6.14. The maximum atomic E-state index is 13.2. The fourth-order valence-corrected chi connectivity index (χ4v) is 7.20. The molecule has 2 heterocycles. The van der Waals surface area contributed by atoms with Gasteiger partial charge in [-0.2, -0.15) is 0 Å². The Bertz CT molecular complexity index is 1400. The van der Waals surface area contributed by atoms with Crippen LogP contribution in [0.3, 0.4) is 0 Å². The summed E-state index contributed by atoms with van der Waals surface area (Å²) in [5, 5.41) is 16.0. The van der Waals surface area contributed by atoms with Crippen LogP contribution in [-0.4, -0.2) is 68.4 Å². The van der Waals surface area contributed by atoms with Gasteiger partial charge in [0, 0.05) is 40.5 Å². The zero-order chi connectivity index (χ0) is 27.5. The second-order valence-electron chi connectivity index (χ2n) is 10.8. The van der Waals surface area contributed by atoms with Gasteiger partial charge in [0.2, 0.25) is 0 Å². The first kappa shape index (κ1) is 25.4. The van der Waals surface area contributed by atoms with E-state index in [2.05, 4.69) is 17.1 Å². The number of aromatic hydroxyl groups is 1. The van der Waals surface area contributed by atoms with Gasteiger partial charge < -0.3 is 29.1 Å². The number of rotatable bonds is 5. The zero-order valence-electron chi connectivity index (χ0n) is 22.5. The van der Waals surface area contributed by atoms with E-state index in [-0.39, 0.29) is 35.7 Å². The predicted octanol–water partition coefficient (Wildman–Crippen LogP) is 3.28. The van der Waals surface area contributed by atoms with Gasteiger partial charge in [-0.05, 0) is 44.1 Å². The molecule has 204 valence electrons. The van der Waals surface area contributed by atoms with Crippen molar-refractivity contribution in [2.75, 3.05) is 34.9 Å². The minimum absolute atomic E-state index is 0.0307. The molecular formula is C30H32N2O7. The van der Waals surface area contributed by atoms with Crippen LogP contribution >= 0.6 is 0 Å². The van der Waals surface area contributed by atoms with Gasteiger partial charge in [-0.3, -0.25) is 9.59 Å². The minimum atomic E-state index is -0.823. The fraction of sp³-hybridized carbons (Fsp3) is 0.433. The van der Waals surface area contributed by atoms with Crippen molar-refractivity contribution in [3.8, 4) is 11.5 Å². The number of hydrogen-bond donors (Lipinski definition) is 1. The Morgan fingerprint density at radius 2 is 1.95 bits per heavy atom. The van der Waals surface area contributed by atoms with E-state index in [1.54, 1.807) is 6.07 Å². The molecule has 1 N–H and O–H groups in total. The molecule has 2 aliphatic carbocycles. The standard InChI is InChI=1S/C30H32N2O7/c1-32-11-10-30-15-21(33)22(36-2)14-19(30)20(32)12-17-18(13-23(37-3)27(34)25(17)30)28-24(29(35)38-4)26(31-39-28)16-8-6-5-7-9-16/h5-9,13-14,19-20,24,28,34H,10-12,15H2,1-4H3/t19-,20+,24+,28-,30-/m0/s1. The van der Waals surface area contributed by atoms with Crippen LogP contribution in [0.5, 0.6) is 11.5 Å². The number of piperidine rings is 1. The van der Waals surface area contributed by atoms with Gasteiger partial charge in [-0.1, -0.05) is 35.5 Å². The van der Waals surface area contributed by atoms with Crippen molar-refractivity contribution in [2.45, 2.75) is 36.8 Å². The SMILES string of the molecule is COC(=O)[C@@H]1C(c2ccccc2)=NO[C@H]1c1cc(OC)c(O)c2c1C[C@@H]1[C@@H]3C=C(OC)C(=O)C[C@]23CCN1C. The number of phenols is 1. The monoisotopic (exact) mass is 532 g/mol. The van der Waals surface area contributed by atoms with E-state index in [4.69, 9.17) is 19.0 Å². The number of phenolic OH excluding ortho intramolecular Hbond substituents is 1. The Labute approximate surface area is 227 Å². The van der Waals surface area contributed by atoms with E-state index in [0.717, 1.165) is 17.7 Å². The molecule has 4 aliphatic rings. The van der Waals surface area contributed by atoms with Crippen LogP contribution in [-0.2, 0) is 35.7 Å². The van der Waals surface area contributed by atoms with E-state index >= 15 is 0 Å². The van der Waals surface area contributed by atoms with Crippen molar-refractivity contribution in [3.05, 3.63) is 70.5 Å². The molecule has 0 saturated carbocycles. The number of ketones is 1. The summed E-state index contributed by atoms with van der Waals surface area (Å²) >= 11 is 0. The van der Waals surface area contributed by atoms with E-state index in [9.17, 15) is 14.7 Å². The number of allylic oxidation sites excluding steroid dienone is 1. The predicted molar refractivity (Wildman–Crippen MR) is 142 cm³/mol. The first-order valence-corrected chi connectivity index (χ1v) is 13.1. The van der Waals surface area contributed by atoms with E-state index < -0.39 is 23.4 Å². The van der Waals surface area contributed by atoms with Crippen molar-refractivity contribution in [2.24, 2.45) is 17.0 Å². The number of benzene rings is 2. The van der Waals surface area contributed by atoms with E-state index in [1.165, 1.54) is 21.3 Å². The Morgan fingerprint density at radius 1 is 1.18 bits per heavy atom. The van der Waals surface area contributed by atoms with Crippen LogP contribution in [0.25, 0.3) is 0 Å². The molecule has 1 fully saturated rings. The molecule has 5 atom stereocenters. The van der Waals surface area contributed by atoms with Crippen molar-refractivity contribution in [1.29, 1.82) is 0 Å². The maximum Gasteiger partial charge on any atom is 0.319 e. The Morgan fingerprint density at radius 3 is 2.64 bits per heavy atom. The van der Waals surface area contributed by atoms with Crippen LogP contribution in [0, 0.1) is 11.8 Å². The lowest BCUT2D eigenvalue weighted by atomic mass is 9.53. The number of likely N-dealkylation sites (tertiary alicyclic amines) is 1. The van der Waals surface area contributed by atoms with Crippen LogP contribution in [0.4, 0.5) is 0 Å². The van der Waals surface area contributed by atoms with E-state index in [0.29, 0.717) is 35.4 Å². The van der Waals surface area contributed by atoms with Crippen LogP contribution in [0.2, 0.25) is 0 Å². The van der Waals surface area contributed by atoms with Gasteiger partial charge in [0.05, 0.1) is 21.3 Å². The molecule has 1 saturated heterocycles. The number of carbonyl (C=O) groups is 2. The first-order valence-electron chi connectivity index (χ1n) is 13.1. The van der Waals surface area contributed by atoms with Gasteiger partial charge in [-0.25, -0.2) is 0 Å². The smallest absolute Gasteiger partial charge is 0.319 e. The largest absolute Gasteiger partial charge is 0.504 e. The average Bonchev–Trinajstić information content (AvgIpc) is 3.39. The lowest BCUT2D eigenvalue weighted by Crippen LogP contribution is -2.60. The second-order valence-corrected chi connectivity index (χ2v) is 10.8. The van der Waals surface area contributed by atoms with E-state index in [1.807, 2.05) is 36.4 Å². The number of likely N-dealkylation sites (N-methyl/N-ethyl adjacent to an activating group) is 1. The first-order chi connectivity index (χ1) is 18.8. The lowest BCUT2D eigenvalue weighted by Gasteiger charge is -2.57. The Balaban J connectivity index is 1.56. The number of Topliss-reactive ketones (excluding diaryl/α,β-unsaturated/α-hetero) is 1. The minimum Gasteiger partial charge on any atom is -0.504 e. The summed E-state index contributed by atoms with van der Waals surface area (Å²) < 4.78 is 16.3. The molecule has 2 aromatic rings. The molecule has 2 aliphatic heterocycles. The number of oxime groups is 1. The van der Waals surface area contributed by atoms with Gasteiger partial charge in [0.25, 0.3) is 0 Å². The van der Waals surface area contributed by atoms with Gasteiger partial charge in [-0.15, -0.1) is 0 Å². The number of fused-ring (bicyclic) bond motifs is 1. The third-order valence-corrected chi connectivity index (χ3v) is 9.06. The topological polar surface area (TPSA) is 107 Å². The molecule has 0 amide bonds. The number of hydrogen-bond acceptors (Lipinski definition) is 9. The van der Waals surface area contributed by atoms with Crippen LogP contribution in [0.1, 0.15) is 41.2 Å². The van der Waals surface area contributed by atoms with Gasteiger partial charge >= 0.3 is 5.97 Å². The molecule has 9 heteroatoms. The van der Waals surface area contributed by atoms with Crippen molar-refractivity contribution in [1.82, 2.24) is 4.90 Å². The average molecular weight is 533 g/mol. The molecule has 2 bridgehead atoms. The molecule has 39 heavy (non-hydrogen) atoms. The lowest BCUT2D eigenvalue weighted by molar-refractivity contribution is -0.146. The highest BCUT2D eigenvalue weighted by atomic mass is 16.6. The van der Waals surface area contributed by atoms with Gasteiger partial charge in [0.15, 0.2) is 29.1 Å². The summed E-state index contributed by atoms with van der Waals surface area (Å²) in [5.41, 5.74) is 2.88. The molecule has 9 nitrogen and oxygen atoms in total. The number of ether oxygens (including phenoxy) is 3. The normalized spacial score (nSPS) is 29.4. The zero-order valence-corrected chi connectivity index (χ0v) is 22.5. The third kappa shape index (κ3) is 3.66. The molecule has 6 rings (SSSR count). The molecule has 0 radical (unpaired) electrons. The molecule has 0 spiro atoms. The quantitative estimate of drug-likeness (QED) is 0.585. The van der Waals surface area contributed by atoms with Gasteiger partial charge in [0.1, 0.15) is 11.6 Å². The highest BCUT2D eigenvalue weighted by Gasteiger charge is 2.58. The van der Waals surface area contributed by atoms with Crippen LogP contribution < -0.4 is 4.74 Å². The van der Waals surface area contributed by atoms with Crippen molar-refractivity contribution >= 4 is 17.5 Å². The third-order valence-electron chi connectivity index (χ3n) is 9.06. The molecule has 0 unspecified atom stereocenters. The Hall–Kier alpha value is -3.85. The summed E-state index contributed by atoms with van der Waals surface area (Å²) in [6.45, 7) is 0.780. The summed E-state index contributed by atoms with van der Waals surface area (Å²) in [5.74, 6) is -0.756. The summed E-state index contributed by atoms with van der Waals surface area (Å²) in [4.78, 5) is 34.8. The number of carbonyl (C=O) groups excluding carboxylic acids is 2. The summed E-state index contributed by atoms with van der Waals surface area (Å²) in [7, 11) is 6.45. The van der Waals surface area contributed by atoms with Crippen LogP contribution in [0.15, 0.2) is 53.4 Å². The summed E-state index contributed by atoms with van der Waals surface area (Å²) in [6, 6.07) is 11.2. The molecule has 0 aromatic heterocycles. The molecular weight excluding hydrogens is 500 g/mol. The highest BCUT2D eigenvalue weighted by molar-refractivity contribution is 6.13. The summed E-state index contributed by atoms with van der Waals surface area (Å²) in [6.07, 6.45) is 2.62. The molecule has 2 aromatic carbocycles. The van der Waals surface area contributed by atoms with Crippen molar-refractivity contribution < 1.29 is 33.7 Å². The number of nitrogens with zero attached hydrogens (tertiary/aromatic N) is 2. The highest BCUT2D eigenvalue weighted by Crippen LogP contribution is 2.59. The number of esters is 1.